The highest BCUT2D eigenvalue weighted by Crippen LogP contribution is 2.74. The van der Waals surface area contributed by atoms with E-state index in [0.717, 1.165) is 36.0 Å². The third-order valence-corrected chi connectivity index (χ3v) is 12.8. The topological polar surface area (TPSA) is 57.5 Å². The molecule has 3 nitrogen and oxygen atoms in total. The normalized spacial score (nSPS) is 56.9. The molecule has 5 aliphatic carbocycles. The second-order valence-electron chi connectivity index (χ2n) is 14.0. The molecule has 184 valence electrons. The number of hydrogen-bond donors (Lipinski definition) is 2. The highest BCUT2D eigenvalue weighted by atomic mass is 16.3. The number of aliphatic hydroxyl groups is 1. The Hall–Kier alpha value is -0.570. The van der Waals surface area contributed by atoms with Gasteiger partial charge in [0.05, 0.1) is 6.10 Å². The van der Waals surface area contributed by atoms with E-state index in [1.807, 2.05) is 0 Å². The van der Waals surface area contributed by atoms with E-state index in [9.17, 15) is 5.11 Å². The molecule has 0 saturated heterocycles. The van der Waals surface area contributed by atoms with Crippen LogP contribution in [0.2, 0.25) is 0 Å². The van der Waals surface area contributed by atoms with Gasteiger partial charge in [-0.2, -0.15) is 0 Å². The zero-order valence-corrected chi connectivity index (χ0v) is 21.7. The Morgan fingerprint density at radius 1 is 0.719 bits per heavy atom. The van der Waals surface area contributed by atoms with Crippen molar-refractivity contribution in [1.29, 1.82) is 0 Å². The lowest BCUT2D eigenvalue weighted by atomic mass is 9.34. The predicted molar refractivity (Wildman–Crippen MR) is 130 cm³/mol. The van der Waals surface area contributed by atoms with E-state index < -0.39 is 0 Å². The van der Waals surface area contributed by atoms with E-state index in [1.165, 1.54) is 64.2 Å². The minimum Gasteiger partial charge on any atom is -0.483 e. The molecule has 5 saturated carbocycles. The Balaban J connectivity index is 0.000000775. The van der Waals surface area contributed by atoms with Gasteiger partial charge in [0.1, 0.15) is 0 Å². The van der Waals surface area contributed by atoms with E-state index in [-0.39, 0.29) is 12.6 Å². The monoisotopic (exact) mass is 446 g/mol. The average molecular weight is 447 g/mol. The Bertz CT molecular complexity index is 707. The molecule has 0 aromatic carbocycles. The van der Waals surface area contributed by atoms with E-state index in [4.69, 9.17) is 9.90 Å². The van der Waals surface area contributed by atoms with Crippen molar-refractivity contribution >= 4 is 6.47 Å². The lowest BCUT2D eigenvalue weighted by molar-refractivity contribution is -0.227. The first kappa shape index (κ1) is 24.6. The molecule has 11 unspecified atom stereocenters. The fourth-order valence-corrected chi connectivity index (χ4v) is 10.8. The summed E-state index contributed by atoms with van der Waals surface area (Å²) >= 11 is 0. The van der Waals surface area contributed by atoms with E-state index in [2.05, 4.69) is 41.5 Å². The van der Waals surface area contributed by atoms with Crippen molar-refractivity contribution in [1.82, 2.24) is 0 Å². The molecular formula is C29H50O3. The van der Waals surface area contributed by atoms with Gasteiger partial charge in [-0.3, -0.25) is 4.79 Å². The molecule has 5 rings (SSSR count). The Labute approximate surface area is 197 Å². The second kappa shape index (κ2) is 8.28. The molecule has 0 spiro atoms. The van der Waals surface area contributed by atoms with Gasteiger partial charge in [-0.05, 0) is 121 Å². The number of fused-ring (bicyclic) bond motifs is 7. The van der Waals surface area contributed by atoms with Crippen LogP contribution in [0, 0.1) is 57.2 Å². The van der Waals surface area contributed by atoms with Gasteiger partial charge in [0, 0.05) is 0 Å². The van der Waals surface area contributed by atoms with Gasteiger partial charge in [0.15, 0.2) is 0 Å². The summed E-state index contributed by atoms with van der Waals surface area (Å²) in [6.45, 7) is 15.3. The van der Waals surface area contributed by atoms with Crippen molar-refractivity contribution in [3.63, 3.8) is 0 Å². The smallest absolute Gasteiger partial charge is 0.290 e. The van der Waals surface area contributed by atoms with Crippen LogP contribution in [0.5, 0.6) is 0 Å². The minimum absolute atomic E-state index is 0.0672. The highest BCUT2D eigenvalue weighted by molar-refractivity contribution is 5.32. The molecule has 11 atom stereocenters. The molecule has 0 aromatic heterocycles. The van der Waals surface area contributed by atoms with Crippen LogP contribution in [0.25, 0.3) is 0 Å². The van der Waals surface area contributed by atoms with Crippen molar-refractivity contribution < 1.29 is 15.0 Å². The number of hydrogen-bond acceptors (Lipinski definition) is 2. The fourth-order valence-electron chi connectivity index (χ4n) is 10.8. The standard InChI is InChI=1S/C28H48O.CH2O2/c1-18-9-12-25(3)15-16-27(5)20(21(25)17-18)10-13-28(6)23-8-7-22(29)19(2)26(23,4)14-11-24(27)28;2-1-3/h18-24,29H,7-17H2,1-6H3;1H,(H,2,3). The van der Waals surface area contributed by atoms with Gasteiger partial charge >= 0.3 is 0 Å². The third-order valence-electron chi connectivity index (χ3n) is 12.8. The van der Waals surface area contributed by atoms with Gasteiger partial charge in [0.2, 0.25) is 0 Å². The first-order valence-corrected chi connectivity index (χ1v) is 13.7. The van der Waals surface area contributed by atoms with Crippen LogP contribution in [0.4, 0.5) is 0 Å². The number of rotatable bonds is 0. The SMILES string of the molecule is CC1CCC2(C)CCC3(C)C(CCC4(C)C5CCC(O)C(C)C5(C)CCC34)C2C1.O=CO. The van der Waals surface area contributed by atoms with Crippen molar-refractivity contribution in [2.75, 3.05) is 0 Å². The fraction of sp³-hybridized carbons (Fsp3) is 0.966. The number of aliphatic hydroxyl groups excluding tert-OH is 1. The molecule has 0 radical (unpaired) electrons. The number of carbonyl (C=O) groups is 1. The maximum absolute atomic E-state index is 10.7. The van der Waals surface area contributed by atoms with E-state index in [0.29, 0.717) is 27.6 Å². The number of carboxylic acid groups (broad SMARTS) is 1. The van der Waals surface area contributed by atoms with Crippen LogP contribution in [-0.2, 0) is 4.79 Å². The molecule has 0 amide bonds. The van der Waals surface area contributed by atoms with Crippen LogP contribution in [0.1, 0.15) is 112 Å². The van der Waals surface area contributed by atoms with Crippen molar-refractivity contribution in [3.8, 4) is 0 Å². The molecule has 5 aliphatic rings. The van der Waals surface area contributed by atoms with Gasteiger partial charge in [-0.1, -0.05) is 48.0 Å². The lowest BCUT2D eigenvalue weighted by Crippen LogP contribution is -2.64. The molecule has 5 fully saturated rings. The minimum atomic E-state index is -0.250. The summed E-state index contributed by atoms with van der Waals surface area (Å²) in [6.07, 6.45) is 15.4. The van der Waals surface area contributed by atoms with Crippen LogP contribution in [0.15, 0.2) is 0 Å². The van der Waals surface area contributed by atoms with Crippen LogP contribution in [-0.4, -0.2) is 22.8 Å². The molecule has 2 N–H and O–H groups in total. The Morgan fingerprint density at radius 3 is 2.03 bits per heavy atom. The zero-order chi connectivity index (χ0) is 23.5. The van der Waals surface area contributed by atoms with Crippen LogP contribution < -0.4 is 0 Å². The molecule has 32 heavy (non-hydrogen) atoms. The largest absolute Gasteiger partial charge is 0.483 e. The average Bonchev–Trinajstić information content (AvgIpc) is 2.73. The quantitative estimate of drug-likeness (QED) is 0.388. The summed E-state index contributed by atoms with van der Waals surface area (Å²) in [5.41, 5.74) is 2.06. The summed E-state index contributed by atoms with van der Waals surface area (Å²) in [6, 6.07) is 0. The Kier molecular flexibility index (Phi) is 6.35. The van der Waals surface area contributed by atoms with Crippen molar-refractivity contribution in [3.05, 3.63) is 0 Å². The van der Waals surface area contributed by atoms with Crippen molar-refractivity contribution in [2.24, 2.45) is 57.2 Å². The van der Waals surface area contributed by atoms with Gasteiger partial charge in [-0.25, -0.2) is 0 Å². The molecular weight excluding hydrogens is 396 g/mol. The zero-order valence-electron chi connectivity index (χ0n) is 21.7. The first-order valence-electron chi connectivity index (χ1n) is 13.7. The lowest BCUT2D eigenvalue weighted by Gasteiger charge is -2.71. The van der Waals surface area contributed by atoms with Gasteiger partial charge in [-0.15, -0.1) is 0 Å². The van der Waals surface area contributed by atoms with Crippen molar-refractivity contribution in [2.45, 2.75) is 118 Å². The highest BCUT2D eigenvalue weighted by Gasteiger charge is 2.66. The predicted octanol–water partition coefficient (Wildman–Crippen LogP) is 7.17. The summed E-state index contributed by atoms with van der Waals surface area (Å²) in [5.74, 6) is 5.10. The van der Waals surface area contributed by atoms with Crippen LogP contribution >= 0.6 is 0 Å². The first-order chi connectivity index (χ1) is 15.0. The molecule has 0 bridgehead atoms. The van der Waals surface area contributed by atoms with E-state index >= 15 is 0 Å². The molecule has 3 heteroatoms. The molecule has 0 aromatic rings. The summed E-state index contributed by atoms with van der Waals surface area (Å²) in [7, 11) is 0. The molecule has 0 heterocycles. The third kappa shape index (κ3) is 3.42. The van der Waals surface area contributed by atoms with Gasteiger partial charge in [0.25, 0.3) is 6.47 Å². The second-order valence-corrected chi connectivity index (χ2v) is 14.0. The summed E-state index contributed by atoms with van der Waals surface area (Å²) in [5, 5.41) is 17.6. The summed E-state index contributed by atoms with van der Waals surface area (Å²) in [4.78, 5) is 8.36. The maximum Gasteiger partial charge on any atom is 0.290 e. The molecule has 0 aliphatic heterocycles. The van der Waals surface area contributed by atoms with Crippen LogP contribution in [0.3, 0.4) is 0 Å². The maximum atomic E-state index is 10.7. The Morgan fingerprint density at radius 2 is 1.34 bits per heavy atom. The summed E-state index contributed by atoms with van der Waals surface area (Å²) < 4.78 is 0. The van der Waals surface area contributed by atoms with E-state index in [1.54, 1.807) is 0 Å². The van der Waals surface area contributed by atoms with Gasteiger partial charge < -0.3 is 10.2 Å².